The van der Waals surface area contributed by atoms with Gasteiger partial charge in [0.2, 0.25) is 5.95 Å². The zero-order chi connectivity index (χ0) is 10.6. The summed E-state index contributed by atoms with van der Waals surface area (Å²) in [6.07, 6.45) is 4.83. The van der Waals surface area contributed by atoms with E-state index in [0.29, 0.717) is 0 Å². The Bertz CT molecular complexity index is 267. The van der Waals surface area contributed by atoms with Crippen LogP contribution in [0.1, 0.15) is 20.3 Å². The maximum atomic E-state index is 5.71. The second-order valence-corrected chi connectivity index (χ2v) is 3.70. The predicted molar refractivity (Wildman–Crippen MR) is 59.4 cm³/mol. The molecule has 0 fully saturated rings. The molecule has 80 valence electrons. The minimum Gasteiger partial charge on any atom is -0.345 e. The van der Waals surface area contributed by atoms with Crippen molar-refractivity contribution >= 4 is 5.95 Å². The average Bonchev–Trinajstić information content (AvgIpc) is 2.61. The molecule has 1 aromatic heterocycles. The number of imidazole rings is 1. The molecule has 0 radical (unpaired) electrons. The van der Waals surface area contributed by atoms with Gasteiger partial charge < -0.3 is 15.2 Å². The number of anilines is 1. The summed E-state index contributed by atoms with van der Waals surface area (Å²) in [4.78, 5) is 6.46. The van der Waals surface area contributed by atoms with Crippen LogP contribution in [-0.4, -0.2) is 29.2 Å². The molecule has 0 aliphatic heterocycles. The van der Waals surface area contributed by atoms with E-state index in [2.05, 4.69) is 28.4 Å². The molecule has 0 aromatic carbocycles. The fourth-order valence-electron chi connectivity index (χ4n) is 1.38. The van der Waals surface area contributed by atoms with Gasteiger partial charge in [-0.3, -0.25) is 0 Å². The van der Waals surface area contributed by atoms with Gasteiger partial charge in [-0.15, -0.1) is 0 Å². The molecule has 0 amide bonds. The van der Waals surface area contributed by atoms with Crippen molar-refractivity contribution in [3.8, 4) is 0 Å². The van der Waals surface area contributed by atoms with Crippen molar-refractivity contribution < 1.29 is 0 Å². The molecule has 0 spiro atoms. The first kappa shape index (κ1) is 11.0. The zero-order valence-electron chi connectivity index (χ0n) is 9.27. The molecule has 0 aliphatic rings. The topological polar surface area (TPSA) is 47.1 Å². The summed E-state index contributed by atoms with van der Waals surface area (Å²) in [5.74, 6) is 1.02. The third-order valence-electron chi connectivity index (χ3n) is 2.30. The van der Waals surface area contributed by atoms with Crippen LogP contribution in [0, 0.1) is 0 Å². The standard InChI is InChI=1S/C10H20N4/c1-4-14-8-6-12-10(14)13(3)7-5-9(2)11/h6,8-9H,4-5,7,11H2,1-3H3. The van der Waals surface area contributed by atoms with Gasteiger partial charge in [0.25, 0.3) is 0 Å². The van der Waals surface area contributed by atoms with Crippen LogP contribution in [0.5, 0.6) is 0 Å². The van der Waals surface area contributed by atoms with Crippen LogP contribution < -0.4 is 10.6 Å². The van der Waals surface area contributed by atoms with Gasteiger partial charge in [-0.2, -0.15) is 0 Å². The molecule has 14 heavy (non-hydrogen) atoms. The van der Waals surface area contributed by atoms with E-state index in [9.17, 15) is 0 Å². The van der Waals surface area contributed by atoms with E-state index in [1.54, 1.807) is 0 Å². The quantitative estimate of drug-likeness (QED) is 0.766. The Kier molecular flexibility index (Phi) is 3.95. The smallest absolute Gasteiger partial charge is 0.205 e. The van der Waals surface area contributed by atoms with Crippen LogP contribution >= 0.6 is 0 Å². The van der Waals surface area contributed by atoms with Crippen LogP contribution in [0.2, 0.25) is 0 Å². The first-order valence-corrected chi connectivity index (χ1v) is 5.13. The SMILES string of the molecule is CCn1ccnc1N(C)CCC(C)N. The normalized spacial score (nSPS) is 12.9. The monoisotopic (exact) mass is 196 g/mol. The lowest BCUT2D eigenvalue weighted by molar-refractivity contribution is 0.639. The summed E-state index contributed by atoms with van der Waals surface area (Å²) in [5, 5.41) is 0. The minimum atomic E-state index is 0.252. The van der Waals surface area contributed by atoms with Gasteiger partial charge in [0.15, 0.2) is 0 Å². The van der Waals surface area contributed by atoms with Crippen molar-refractivity contribution in [2.24, 2.45) is 5.73 Å². The van der Waals surface area contributed by atoms with E-state index in [1.807, 2.05) is 19.3 Å². The third kappa shape index (κ3) is 2.73. The third-order valence-corrected chi connectivity index (χ3v) is 2.30. The largest absolute Gasteiger partial charge is 0.345 e. The molecule has 0 aliphatic carbocycles. The van der Waals surface area contributed by atoms with Crippen molar-refractivity contribution in [2.75, 3.05) is 18.5 Å². The summed E-state index contributed by atoms with van der Waals surface area (Å²) >= 11 is 0. The van der Waals surface area contributed by atoms with Crippen LogP contribution in [0.3, 0.4) is 0 Å². The molecule has 1 rings (SSSR count). The van der Waals surface area contributed by atoms with E-state index in [-0.39, 0.29) is 6.04 Å². The fourth-order valence-corrected chi connectivity index (χ4v) is 1.38. The van der Waals surface area contributed by atoms with Gasteiger partial charge in [0, 0.05) is 38.6 Å². The Morgan fingerprint density at radius 1 is 1.64 bits per heavy atom. The van der Waals surface area contributed by atoms with Gasteiger partial charge in [-0.1, -0.05) is 0 Å². The first-order chi connectivity index (χ1) is 6.65. The number of rotatable bonds is 5. The highest BCUT2D eigenvalue weighted by atomic mass is 15.3. The summed E-state index contributed by atoms with van der Waals surface area (Å²) in [5.41, 5.74) is 5.71. The Balaban J connectivity index is 2.55. The minimum absolute atomic E-state index is 0.252. The number of hydrogen-bond donors (Lipinski definition) is 1. The molecule has 1 aromatic rings. The van der Waals surface area contributed by atoms with Gasteiger partial charge in [0.1, 0.15) is 0 Å². The lowest BCUT2D eigenvalue weighted by Gasteiger charge is -2.19. The summed E-state index contributed by atoms with van der Waals surface area (Å²) in [6, 6.07) is 0.252. The second kappa shape index (κ2) is 5.00. The Hall–Kier alpha value is -1.03. The van der Waals surface area contributed by atoms with Gasteiger partial charge in [0.05, 0.1) is 0 Å². The van der Waals surface area contributed by atoms with Crippen molar-refractivity contribution in [2.45, 2.75) is 32.9 Å². The van der Waals surface area contributed by atoms with Gasteiger partial charge in [-0.05, 0) is 20.3 Å². The van der Waals surface area contributed by atoms with E-state index < -0.39 is 0 Å². The zero-order valence-corrected chi connectivity index (χ0v) is 9.27. The van der Waals surface area contributed by atoms with Crippen LogP contribution in [0.15, 0.2) is 12.4 Å². The van der Waals surface area contributed by atoms with Gasteiger partial charge >= 0.3 is 0 Å². The first-order valence-electron chi connectivity index (χ1n) is 5.13. The molecule has 4 heteroatoms. The van der Waals surface area contributed by atoms with Crippen molar-refractivity contribution in [1.29, 1.82) is 0 Å². The van der Waals surface area contributed by atoms with Crippen LogP contribution in [-0.2, 0) is 6.54 Å². The summed E-state index contributed by atoms with van der Waals surface area (Å²) in [6.45, 7) is 6.05. The molecular formula is C10H20N4. The fraction of sp³-hybridized carbons (Fsp3) is 0.700. The van der Waals surface area contributed by atoms with Crippen LogP contribution in [0.4, 0.5) is 5.95 Å². The highest BCUT2D eigenvalue weighted by molar-refractivity contribution is 5.29. The molecule has 0 saturated heterocycles. The molecule has 1 heterocycles. The van der Waals surface area contributed by atoms with Crippen LogP contribution in [0.25, 0.3) is 0 Å². The number of aryl methyl sites for hydroxylation is 1. The molecule has 0 saturated carbocycles. The van der Waals surface area contributed by atoms with E-state index in [4.69, 9.17) is 5.73 Å². The lowest BCUT2D eigenvalue weighted by Crippen LogP contribution is -2.27. The number of hydrogen-bond acceptors (Lipinski definition) is 3. The average molecular weight is 196 g/mol. The Morgan fingerprint density at radius 3 is 2.93 bits per heavy atom. The summed E-state index contributed by atoms with van der Waals surface area (Å²) < 4.78 is 2.13. The lowest BCUT2D eigenvalue weighted by atomic mass is 10.2. The second-order valence-electron chi connectivity index (χ2n) is 3.70. The van der Waals surface area contributed by atoms with Crippen molar-refractivity contribution in [3.63, 3.8) is 0 Å². The molecule has 1 unspecified atom stereocenters. The van der Waals surface area contributed by atoms with E-state index in [1.165, 1.54) is 0 Å². The molecule has 1 atom stereocenters. The Labute approximate surface area is 85.7 Å². The molecule has 4 nitrogen and oxygen atoms in total. The number of nitrogens with zero attached hydrogens (tertiary/aromatic N) is 3. The number of nitrogens with two attached hydrogens (primary N) is 1. The maximum absolute atomic E-state index is 5.71. The van der Waals surface area contributed by atoms with Crippen molar-refractivity contribution in [1.82, 2.24) is 9.55 Å². The maximum Gasteiger partial charge on any atom is 0.205 e. The molecular weight excluding hydrogens is 176 g/mol. The summed E-state index contributed by atoms with van der Waals surface area (Å²) in [7, 11) is 2.05. The van der Waals surface area contributed by atoms with Gasteiger partial charge in [-0.25, -0.2) is 4.98 Å². The molecule has 0 bridgehead atoms. The molecule has 2 N–H and O–H groups in total. The number of aromatic nitrogens is 2. The Morgan fingerprint density at radius 2 is 2.36 bits per heavy atom. The highest BCUT2D eigenvalue weighted by Crippen LogP contribution is 2.09. The van der Waals surface area contributed by atoms with Crippen molar-refractivity contribution in [3.05, 3.63) is 12.4 Å². The van der Waals surface area contributed by atoms with E-state index in [0.717, 1.165) is 25.5 Å². The van der Waals surface area contributed by atoms with E-state index >= 15 is 0 Å². The predicted octanol–water partition coefficient (Wildman–Crippen LogP) is 1.08. The highest BCUT2D eigenvalue weighted by Gasteiger charge is 2.07.